The summed E-state index contributed by atoms with van der Waals surface area (Å²) < 4.78 is 8.10. The predicted molar refractivity (Wildman–Crippen MR) is 88.2 cm³/mol. The number of fused-ring (bicyclic) bond motifs is 1. The van der Waals surface area contributed by atoms with E-state index in [1.165, 1.54) is 0 Å². The molecule has 2 heterocycles. The molecule has 0 amide bonds. The van der Waals surface area contributed by atoms with Crippen molar-refractivity contribution in [2.24, 2.45) is 0 Å². The Labute approximate surface area is 134 Å². The molecule has 4 heteroatoms. The first-order chi connectivity index (χ1) is 10.8. The molecule has 1 fully saturated rings. The smallest absolute Gasteiger partial charge is 0.139 e. The van der Waals surface area contributed by atoms with E-state index >= 15 is 0 Å². The lowest BCUT2D eigenvalue weighted by atomic mass is 10.2. The van der Waals surface area contributed by atoms with Crippen LogP contribution >= 0.6 is 11.6 Å². The second-order valence-corrected chi connectivity index (χ2v) is 6.05. The van der Waals surface area contributed by atoms with Gasteiger partial charge in [-0.25, -0.2) is 4.98 Å². The van der Waals surface area contributed by atoms with E-state index in [9.17, 15) is 0 Å². The fourth-order valence-corrected chi connectivity index (χ4v) is 3.28. The highest BCUT2D eigenvalue weighted by atomic mass is 35.5. The maximum Gasteiger partial charge on any atom is 0.139 e. The van der Waals surface area contributed by atoms with Gasteiger partial charge in [-0.05, 0) is 36.6 Å². The number of hydrogen-bond donors (Lipinski definition) is 0. The van der Waals surface area contributed by atoms with Crippen LogP contribution < -0.4 is 0 Å². The van der Waals surface area contributed by atoms with Gasteiger partial charge in [-0.15, -0.1) is 0 Å². The lowest BCUT2D eigenvalue weighted by molar-refractivity contribution is 0.103. The fourth-order valence-electron chi connectivity index (χ4n) is 3.08. The van der Waals surface area contributed by atoms with Crippen LogP contribution in [0.3, 0.4) is 0 Å². The zero-order chi connectivity index (χ0) is 14.9. The Balaban J connectivity index is 1.83. The highest BCUT2D eigenvalue weighted by Crippen LogP contribution is 2.31. The normalized spacial score (nSPS) is 18.1. The van der Waals surface area contributed by atoms with Crippen LogP contribution in [0.1, 0.15) is 30.3 Å². The molecule has 2 aromatic carbocycles. The lowest BCUT2D eigenvalue weighted by Gasteiger charge is -2.14. The molecule has 1 aromatic heterocycles. The van der Waals surface area contributed by atoms with E-state index in [1.54, 1.807) is 0 Å². The summed E-state index contributed by atoms with van der Waals surface area (Å²) in [5, 5.41) is 0.790. The van der Waals surface area contributed by atoms with Crippen molar-refractivity contribution in [1.82, 2.24) is 9.55 Å². The van der Waals surface area contributed by atoms with Gasteiger partial charge in [0.05, 0.1) is 17.6 Å². The molecule has 0 radical (unpaired) electrons. The maximum atomic E-state index is 6.34. The monoisotopic (exact) mass is 312 g/mol. The molecule has 0 unspecified atom stereocenters. The van der Waals surface area contributed by atoms with E-state index in [0.717, 1.165) is 53.4 Å². The Bertz CT molecular complexity index is 806. The number of halogens is 1. The van der Waals surface area contributed by atoms with Gasteiger partial charge in [0.25, 0.3) is 0 Å². The first-order valence-electron chi connectivity index (χ1n) is 7.63. The molecule has 0 N–H and O–H groups in total. The lowest BCUT2D eigenvalue weighted by Crippen LogP contribution is -2.09. The topological polar surface area (TPSA) is 27.1 Å². The van der Waals surface area contributed by atoms with Crippen LogP contribution in [0.15, 0.2) is 48.5 Å². The number of hydrogen-bond acceptors (Lipinski definition) is 2. The third-order valence-electron chi connectivity index (χ3n) is 4.19. The van der Waals surface area contributed by atoms with Crippen molar-refractivity contribution < 1.29 is 4.74 Å². The summed E-state index contributed by atoms with van der Waals surface area (Å²) in [6.07, 6.45) is 2.22. The van der Waals surface area contributed by atoms with E-state index in [-0.39, 0.29) is 6.10 Å². The number of aromatic nitrogens is 2. The minimum atomic E-state index is 0.0925. The van der Waals surface area contributed by atoms with Crippen LogP contribution in [0.5, 0.6) is 0 Å². The summed E-state index contributed by atoms with van der Waals surface area (Å²) in [6.45, 7) is 1.54. The van der Waals surface area contributed by atoms with Crippen LogP contribution in [0, 0.1) is 0 Å². The largest absolute Gasteiger partial charge is 0.370 e. The first-order valence-corrected chi connectivity index (χ1v) is 8.01. The van der Waals surface area contributed by atoms with Gasteiger partial charge < -0.3 is 9.30 Å². The molecule has 112 valence electrons. The molecule has 0 bridgehead atoms. The van der Waals surface area contributed by atoms with Crippen LogP contribution in [0.4, 0.5) is 0 Å². The average Bonchev–Trinajstić information content (AvgIpc) is 3.17. The molecule has 0 spiro atoms. The second-order valence-electron chi connectivity index (χ2n) is 5.64. The third kappa shape index (κ3) is 2.40. The maximum absolute atomic E-state index is 6.34. The average molecular weight is 313 g/mol. The summed E-state index contributed by atoms with van der Waals surface area (Å²) in [7, 11) is 0. The zero-order valence-electron chi connectivity index (χ0n) is 12.2. The molecule has 22 heavy (non-hydrogen) atoms. The Kier molecular flexibility index (Phi) is 3.60. The van der Waals surface area contributed by atoms with E-state index in [4.69, 9.17) is 21.3 Å². The molecule has 1 saturated heterocycles. The molecular weight excluding hydrogens is 296 g/mol. The quantitative estimate of drug-likeness (QED) is 0.707. The van der Waals surface area contributed by atoms with Crippen molar-refractivity contribution in [2.75, 3.05) is 6.61 Å². The van der Waals surface area contributed by atoms with E-state index < -0.39 is 0 Å². The summed E-state index contributed by atoms with van der Waals surface area (Å²) in [4.78, 5) is 4.82. The highest BCUT2D eigenvalue weighted by Gasteiger charge is 2.24. The Hall–Kier alpha value is -1.84. The van der Waals surface area contributed by atoms with Crippen molar-refractivity contribution in [2.45, 2.75) is 25.5 Å². The van der Waals surface area contributed by atoms with Gasteiger partial charge in [0.1, 0.15) is 11.9 Å². The molecule has 0 saturated carbocycles. The van der Waals surface area contributed by atoms with Crippen LogP contribution in [-0.2, 0) is 11.3 Å². The number of ether oxygens (including phenoxy) is 1. The summed E-state index contributed by atoms with van der Waals surface area (Å²) in [5.74, 6) is 1.01. The molecule has 4 rings (SSSR count). The van der Waals surface area contributed by atoms with Gasteiger partial charge in [-0.2, -0.15) is 0 Å². The van der Waals surface area contributed by atoms with Gasteiger partial charge >= 0.3 is 0 Å². The van der Waals surface area contributed by atoms with Gasteiger partial charge in [-0.1, -0.05) is 41.9 Å². The van der Waals surface area contributed by atoms with Crippen LogP contribution in [0.2, 0.25) is 5.02 Å². The van der Waals surface area contributed by atoms with Crippen molar-refractivity contribution in [3.8, 4) is 0 Å². The number of rotatable bonds is 3. The third-order valence-corrected chi connectivity index (χ3v) is 4.56. The molecule has 0 aliphatic carbocycles. The fraction of sp³-hybridized carbons (Fsp3) is 0.278. The SMILES string of the molecule is Clc1ccccc1Cn1c([C@@H]2CCCO2)nc2ccccc21. The van der Waals surface area contributed by atoms with Crippen molar-refractivity contribution in [3.05, 3.63) is 64.9 Å². The van der Waals surface area contributed by atoms with Gasteiger partial charge in [0.15, 0.2) is 0 Å². The Morgan fingerprint density at radius 1 is 1.14 bits per heavy atom. The van der Waals surface area contributed by atoms with Crippen LogP contribution in [-0.4, -0.2) is 16.2 Å². The second kappa shape index (κ2) is 5.75. The minimum absolute atomic E-state index is 0.0925. The molecule has 3 aromatic rings. The highest BCUT2D eigenvalue weighted by molar-refractivity contribution is 6.31. The van der Waals surface area contributed by atoms with Crippen molar-refractivity contribution in [1.29, 1.82) is 0 Å². The van der Waals surface area contributed by atoms with Crippen molar-refractivity contribution >= 4 is 22.6 Å². The van der Waals surface area contributed by atoms with E-state index in [0.29, 0.717) is 0 Å². The standard InChI is InChI=1S/C18H17ClN2O/c19-14-7-2-1-6-13(14)12-21-16-9-4-3-8-15(16)20-18(21)17-10-5-11-22-17/h1-4,6-9,17H,5,10-12H2/t17-/m0/s1. The molecule has 1 aliphatic rings. The minimum Gasteiger partial charge on any atom is -0.370 e. The van der Waals surface area contributed by atoms with E-state index in [1.807, 2.05) is 30.3 Å². The zero-order valence-corrected chi connectivity index (χ0v) is 13.0. The van der Waals surface area contributed by atoms with E-state index in [2.05, 4.69) is 22.8 Å². The number of nitrogens with zero attached hydrogens (tertiary/aromatic N) is 2. The summed E-state index contributed by atoms with van der Waals surface area (Å²) in [6, 6.07) is 16.2. The summed E-state index contributed by atoms with van der Waals surface area (Å²) in [5.41, 5.74) is 3.25. The number of para-hydroxylation sites is 2. The first kappa shape index (κ1) is 13.8. The Morgan fingerprint density at radius 2 is 1.95 bits per heavy atom. The van der Waals surface area contributed by atoms with Crippen molar-refractivity contribution in [3.63, 3.8) is 0 Å². The molecule has 3 nitrogen and oxygen atoms in total. The number of imidazole rings is 1. The molecule has 1 atom stereocenters. The summed E-state index contributed by atoms with van der Waals surface area (Å²) >= 11 is 6.34. The molecular formula is C18H17ClN2O. The molecule has 1 aliphatic heterocycles. The number of benzene rings is 2. The predicted octanol–water partition coefficient (Wildman–Crippen LogP) is 4.59. The Morgan fingerprint density at radius 3 is 2.77 bits per heavy atom. The van der Waals surface area contributed by atoms with Gasteiger partial charge in [0, 0.05) is 11.6 Å². The van der Waals surface area contributed by atoms with Crippen LogP contribution in [0.25, 0.3) is 11.0 Å². The van der Waals surface area contributed by atoms with Gasteiger partial charge in [0.2, 0.25) is 0 Å². The van der Waals surface area contributed by atoms with Gasteiger partial charge in [-0.3, -0.25) is 0 Å².